The van der Waals surface area contributed by atoms with Crippen molar-refractivity contribution in [1.29, 1.82) is 0 Å². The summed E-state index contributed by atoms with van der Waals surface area (Å²) in [6.07, 6.45) is 2.01. The van der Waals surface area contributed by atoms with E-state index in [1.165, 1.54) is 5.39 Å². The highest BCUT2D eigenvalue weighted by Gasteiger charge is 2.11. The lowest BCUT2D eigenvalue weighted by Gasteiger charge is -2.07. The second-order valence-electron chi connectivity index (χ2n) is 6.03. The molecule has 5 aromatic rings. The number of nitrogens with one attached hydrogen (secondary N) is 2. The van der Waals surface area contributed by atoms with Crippen molar-refractivity contribution in [1.82, 2.24) is 19.6 Å². The molecule has 116 valence electrons. The van der Waals surface area contributed by atoms with Crippen LogP contribution in [0.1, 0.15) is 5.56 Å². The van der Waals surface area contributed by atoms with Crippen LogP contribution in [0.3, 0.4) is 0 Å². The van der Waals surface area contributed by atoms with Crippen molar-refractivity contribution >= 4 is 27.5 Å². The monoisotopic (exact) mass is 314 g/mol. The highest BCUT2D eigenvalue weighted by atomic mass is 16.1. The zero-order valence-electron chi connectivity index (χ0n) is 13.0. The van der Waals surface area contributed by atoms with E-state index < -0.39 is 0 Å². The summed E-state index contributed by atoms with van der Waals surface area (Å²) in [6.45, 7) is 2.03. The molecule has 0 amide bonds. The van der Waals surface area contributed by atoms with Gasteiger partial charge in [-0.3, -0.25) is 0 Å². The Morgan fingerprint density at radius 3 is 2.83 bits per heavy atom. The summed E-state index contributed by atoms with van der Waals surface area (Å²) >= 11 is 0. The maximum absolute atomic E-state index is 12.2. The van der Waals surface area contributed by atoms with Crippen molar-refractivity contribution in [3.63, 3.8) is 0 Å². The van der Waals surface area contributed by atoms with Gasteiger partial charge in [-0.1, -0.05) is 30.3 Å². The van der Waals surface area contributed by atoms with Crippen molar-refractivity contribution < 1.29 is 0 Å². The Morgan fingerprint density at radius 1 is 1.04 bits per heavy atom. The van der Waals surface area contributed by atoms with Crippen molar-refractivity contribution in [2.75, 3.05) is 0 Å². The first-order valence-corrected chi connectivity index (χ1v) is 7.79. The van der Waals surface area contributed by atoms with E-state index in [0.717, 1.165) is 33.1 Å². The highest BCUT2D eigenvalue weighted by molar-refractivity contribution is 5.98. The molecule has 0 saturated heterocycles. The second kappa shape index (κ2) is 4.58. The van der Waals surface area contributed by atoms with Gasteiger partial charge in [0, 0.05) is 28.0 Å². The van der Waals surface area contributed by atoms with E-state index in [1.54, 1.807) is 4.40 Å². The van der Waals surface area contributed by atoms with Crippen LogP contribution in [0.2, 0.25) is 0 Å². The van der Waals surface area contributed by atoms with Gasteiger partial charge in [0.25, 0.3) is 0 Å². The van der Waals surface area contributed by atoms with Gasteiger partial charge < -0.3 is 4.98 Å². The van der Waals surface area contributed by atoms with Crippen LogP contribution < -0.4 is 5.69 Å². The van der Waals surface area contributed by atoms with Crippen LogP contribution in [-0.2, 0) is 0 Å². The number of aromatic nitrogens is 4. The number of hydrogen-bond donors (Lipinski definition) is 2. The number of benzene rings is 2. The zero-order valence-corrected chi connectivity index (χ0v) is 13.0. The lowest BCUT2D eigenvalue weighted by molar-refractivity contribution is 1.04. The third-order valence-electron chi connectivity index (χ3n) is 4.61. The van der Waals surface area contributed by atoms with E-state index >= 15 is 0 Å². The van der Waals surface area contributed by atoms with Crippen LogP contribution in [0.25, 0.3) is 38.6 Å². The molecule has 5 heteroatoms. The molecule has 0 unspecified atom stereocenters. The topological polar surface area (TPSA) is 65.9 Å². The Bertz CT molecular complexity index is 1290. The van der Waals surface area contributed by atoms with Gasteiger partial charge in [0.1, 0.15) is 0 Å². The molecule has 0 radical (unpaired) electrons. The lowest BCUT2D eigenvalue weighted by Crippen LogP contribution is -2.10. The molecule has 0 aliphatic carbocycles. The largest absolute Gasteiger partial charge is 0.361 e. The Labute approximate surface area is 136 Å². The molecule has 0 spiro atoms. The number of aromatic amines is 2. The van der Waals surface area contributed by atoms with Gasteiger partial charge in [0.2, 0.25) is 0 Å². The molecule has 5 rings (SSSR count). The first-order valence-electron chi connectivity index (χ1n) is 7.79. The number of fused-ring (bicyclic) bond motifs is 4. The summed E-state index contributed by atoms with van der Waals surface area (Å²) in [6, 6.07) is 16.4. The standard InChI is InChI=1S/C19H14N4O/c1-11-8-18-21-22-19(24)23(18)17-9-12(6-7-13(11)17)15-10-20-16-5-3-2-4-14(15)16/h2-10,20H,1H3,(H,22,24). The van der Waals surface area contributed by atoms with Crippen LogP contribution >= 0.6 is 0 Å². The van der Waals surface area contributed by atoms with Crippen LogP contribution in [-0.4, -0.2) is 19.6 Å². The van der Waals surface area contributed by atoms with Gasteiger partial charge in [-0.25, -0.2) is 14.3 Å². The second-order valence-corrected chi connectivity index (χ2v) is 6.03. The number of H-pyrrole nitrogens is 2. The molecule has 2 aromatic carbocycles. The number of para-hydroxylation sites is 1. The summed E-state index contributed by atoms with van der Waals surface area (Å²) in [5.41, 5.74) is 5.68. The fourth-order valence-corrected chi connectivity index (χ4v) is 3.44. The summed E-state index contributed by atoms with van der Waals surface area (Å²) in [7, 11) is 0. The normalized spacial score (nSPS) is 11.7. The Kier molecular flexibility index (Phi) is 2.51. The molecule has 0 aliphatic heterocycles. The molecule has 3 heterocycles. The molecular weight excluding hydrogens is 300 g/mol. The quantitative estimate of drug-likeness (QED) is 0.496. The van der Waals surface area contributed by atoms with Gasteiger partial charge >= 0.3 is 5.69 Å². The number of pyridine rings is 1. The SMILES string of the molecule is Cc1cc2n[nH]c(=O)n2c2cc(-c3c[nH]c4ccccc34)ccc12. The average Bonchev–Trinajstić information content (AvgIpc) is 3.18. The predicted octanol–water partition coefficient (Wildman–Crippen LogP) is 3.63. The average molecular weight is 314 g/mol. The first kappa shape index (κ1) is 13.1. The predicted molar refractivity (Wildman–Crippen MR) is 95.3 cm³/mol. The molecular formula is C19H14N4O. The number of rotatable bonds is 1. The van der Waals surface area contributed by atoms with Gasteiger partial charge in [0.05, 0.1) is 5.52 Å². The Balaban J connectivity index is 1.89. The smallest absolute Gasteiger partial charge is 0.348 e. The van der Waals surface area contributed by atoms with E-state index in [9.17, 15) is 4.79 Å². The molecule has 3 aromatic heterocycles. The maximum Gasteiger partial charge on any atom is 0.348 e. The van der Waals surface area contributed by atoms with E-state index in [0.29, 0.717) is 5.65 Å². The minimum absolute atomic E-state index is 0.217. The molecule has 0 aliphatic rings. The molecule has 2 N–H and O–H groups in total. The van der Waals surface area contributed by atoms with Crippen LogP contribution in [0.15, 0.2) is 59.5 Å². The van der Waals surface area contributed by atoms with Crippen molar-refractivity contribution in [2.45, 2.75) is 6.92 Å². The van der Waals surface area contributed by atoms with Gasteiger partial charge in [-0.15, -0.1) is 0 Å². The molecule has 5 nitrogen and oxygen atoms in total. The fraction of sp³-hybridized carbons (Fsp3) is 0.0526. The molecule has 24 heavy (non-hydrogen) atoms. The summed E-state index contributed by atoms with van der Waals surface area (Å²) < 4.78 is 1.63. The Morgan fingerprint density at radius 2 is 1.92 bits per heavy atom. The lowest BCUT2D eigenvalue weighted by atomic mass is 10.0. The number of aryl methyl sites for hydroxylation is 1. The molecule has 0 atom stereocenters. The van der Waals surface area contributed by atoms with Crippen LogP contribution in [0.4, 0.5) is 0 Å². The summed E-state index contributed by atoms with van der Waals surface area (Å²) in [4.78, 5) is 15.5. The minimum Gasteiger partial charge on any atom is -0.361 e. The van der Waals surface area contributed by atoms with E-state index in [-0.39, 0.29) is 5.69 Å². The van der Waals surface area contributed by atoms with Crippen molar-refractivity contribution in [3.05, 3.63) is 70.8 Å². The minimum atomic E-state index is -0.217. The van der Waals surface area contributed by atoms with E-state index in [4.69, 9.17) is 0 Å². The van der Waals surface area contributed by atoms with Gasteiger partial charge in [0.15, 0.2) is 5.65 Å². The van der Waals surface area contributed by atoms with Crippen molar-refractivity contribution in [2.24, 2.45) is 0 Å². The molecule has 0 saturated carbocycles. The van der Waals surface area contributed by atoms with Crippen LogP contribution in [0.5, 0.6) is 0 Å². The molecule has 0 bridgehead atoms. The van der Waals surface area contributed by atoms with Gasteiger partial charge in [-0.05, 0) is 36.2 Å². The highest BCUT2D eigenvalue weighted by Crippen LogP contribution is 2.31. The molecule has 0 fully saturated rings. The zero-order chi connectivity index (χ0) is 16.3. The van der Waals surface area contributed by atoms with E-state index in [2.05, 4.69) is 45.5 Å². The summed E-state index contributed by atoms with van der Waals surface area (Å²) in [5, 5.41) is 8.84. The maximum atomic E-state index is 12.2. The van der Waals surface area contributed by atoms with Gasteiger partial charge in [-0.2, -0.15) is 5.10 Å². The van der Waals surface area contributed by atoms with Crippen molar-refractivity contribution in [3.8, 4) is 11.1 Å². The number of nitrogens with zero attached hydrogens (tertiary/aromatic N) is 2. The Hall–Kier alpha value is -3.34. The third kappa shape index (κ3) is 1.69. The third-order valence-corrected chi connectivity index (χ3v) is 4.61. The fourth-order valence-electron chi connectivity index (χ4n) is 3.44. The van der Waals surface area contributed by atoms with E-state index in [1.807, 2.05) is 31.3 Å². The first-order chi connectivity index (χ1) is 11.7. The summed E-state index contributed by atoms with van der Waals surface area (Å²) in [5.74, 6) is 0. The number of hydrogen-bond acceptors (Lipinski definition) is 2. The van der Waals surface area contributed by atoms with Crippen LogP contribution in [0, 0.1) is 6.92 Å².